The number of nitrogens with two attached hydrogens (primary N) is 1. The number of carbonyl (C=O) groups is 1. The van der Waals surface area contributed by atoms with Crippen LogP contribution in [0.4, 0.5) is 4.39 Å². The van der Waals surface area contributed by atoms with Gasteiger partial charge in [-0.15, -0.1) is 0 Å². The zero-order valence-corrected chi connectivity index (χ0v) is 12.7. The number of morpholine rings is 1. The van der Waals surface area contributed by atoms with Crippen LogP contribution in [0.15, 0.2) is 34.9 Å². The van der Waals surface area contributed by atoms with E-state index in [0.717, 1.165) is 5.56 Å². The van der Waals surface area contributed by atoms with E-state index < -0.39 is 11.9 Å². The molecule has 0 unspecified atom stereocenters. The largest absolute Gasteiger partial charge is 0.439 e. The van der Waals surface area contributed by atoms with Crippen LogP contribution >= 0.6 is 0 Å². The van der Waals surface area contributed by atoms with E-state index in [0.29, 0.717) is 31.3 Å². The van der Waals surface area contributed by atoms with E-state index in [9.17, 15) is 9.18 Å². The molecule has 2 atom stereocenters. The Balaban J connectivity index is 1.75. The molecule has 7 heteroatoms. The number of halogens is 1. The molecule has 0 bridgehead atoms. The van der Waals surface area contributed by atoms with Gasteiger partial charge in [-0.3, -0.25) is 9.69 Å². The summed E-state index contributed by atoms with van der Waals surface area (Å²) in [6.45, 7) is 3.28. The first-order valence-corrected chi connectivity index (χ1v) is 7.40. The second-order valence-electron chi connectivity index (χ2n) is 5.52. The highest BCUT2D eigenvalue weighted by molar-refractivity contribution is 5.80. The topological polar surface area (TPSA) is 81.6 Å². The Bertz CT molecular complexity index is 686. The zero-order chi connectivity index (χ0) is 16.4. The summed E-state index contributed by atoms with van der Waals surface area (Å²) in [6.07, 6.45) is 1.32. The summed E-state index contributed by atoms with van der Waals surface area (Å²) in [5.74, 6) is 0.296. The normalized spacial score (nSPS) is 22.2. The van der Waals surface area contributed by atoms with Crippen LogP contribution in [0.3, 0.4) is 0 Å². The lowest BCUT2D eigenvalue weighted by Crippen LogP contribution is -2.56. The van der Waals surface area contributed by atoms with Crippen molar-refractivity contribution in [2.45, 2.75) is 25.6 Å². The first kappa shape index (κ1) is 15.6. The van der Waals surface area contributed by atoms with E-state index in [4.69, 9.17) is 14.9 Å². The van der Waals surface area contributed by atoms with E-state index in [1.807, 2.05) is 11.8 Å². The van der Waals surface area contributed by atoms with Gasteiger partial charge in [0.1, 0.15) is 11.9 Å². The van der Waals surface area contributed by atoms with Crippen molar-refractivity contribution in [3.8, 4) is 11.3 Å². The molecule has 2 N–H and O–H groups in total. The van der Waals surface area contributed by atoms with Crippen molar-refractivity contribution in [3.63, 3.8) is 0 Å². The highest BCUT2D eigenvalue weighted by Crippen LogP contribution is 2.23. The summed E-state index contributed by atoms with van der Waals surface area (Å²) in [4.78, 5) is 17.8. The molecule has 1 aromatic heterocycles. The molecule has 0 spiro atoms. The molecular formula is C16H18FN3O3. The van der Waals surface area contributed by atoms with Gasteiger partial charge in [0, 0.05) is 12.1 Å². The van der Waals surface area contributed by atoms with Gasteiger partial charge in [0.15, 0.2) is 5.76 Å². The number of nitrogens with zero attached hydrogens (tertiary/aromatic N) is 2. The van der Waals surface area contributed by atoms with Crippen LogP contribution in [-0.2, 0) is 16.1 Å². The average Bonchev–Trinajstić information content (AvgIpc) is 2.96. The molecule has 1 saturated heterocycles. The standard InChI is InChI=1S/C16H18FN3O3/c1-10-15(16(18)21)20(6-7-22-10)9-14-19-8-13(23-14)11-2-4-12(17)5-3-11/h2-5,8,10,15H,6-7,9H2,1H3,(H2,18,21)/t10-,15+/m1/s1. The molecule has 1 aromatic carbocycles. The van der Waals surface area contributed by atoms with Crippen molar-refractivity contribution in [1.29, 1.82) is 0 Å². The molecule has 3 rings (SSSR count). The molecule has 1 amide bonds. The maximum Gasteiger partial charge on any atom is 0.237 e. The van der Waals surface area contributed by atoms with Gasteiger partial charge in [-0.05, 0) is 31.2 Å². The van der Waals surface area contributed by atoms with Crippen molar-refractivity contribution in [3.05, 3.63) is 42.2 Å². The molecule has 1 aliphatic heterocycles. The Kier molecular flexibility index (Phi) is 4.40. The number of hydrogen-bond acceptors (Lipinski definition) is 5. The van der Waals surface area contributed by atoms with Gasteiger partial charge >= 0.3 is 0 Å². The molecule has 2 aromatic rings. The molecule has 0 aliphatic carbocycles. The Morgan fingerprint density at radius 3 is 2.87 bits per heavy atom. The van der Waals surface area contributed by atoms with E-state index in [1.54, 1.807) is 18.3 Å². The molecule has 0 radical (unpaired) electrons. The van der Waals surface area contributed by atoms with E-state index in [1.165, 1.54) is 12.1 Å². The summed E-state index contributed by atoms with van der Waals surface area (Å²) >= 11 is 0. The zero-order valence-electron chi connectivity index (χ0n) is 12.7. The van der Waals surface area contributed by atoms with Gasteiger partial charge in [-0.25, -0.2) is 9.37 Å². The molecule has 2 heterocycles. The summed E-state index contributed by atoms with van der Waals surface area (Å²) in [5, 5.41) is 0. The summed E-state index contributed by atoms with van der Waals surface area (Å²) in [6, 6.07) is 5.48. The first-order valence-electron chi connectivity index (χ1n) is 7.40. The minimum atomic E-state index is -0.509. The number of rotatable bonds is 4. The molecule has 6 nitrogen and oxygen atoms in total. The predicted octanol–water partition coefficient (Wildman–Crippen LogP) is 1.56. The molecule has 23 heavy (non-hydrogen) atoms. The summed E-state index contributed by atoms with van der Waals surface area (Å²) in [7, 11) is 0. The van der Waals surface area contributed by atoms with Crippen molar-refractivity contribution >= 4 is 5.91 Å². The van der Waals surface area contributed by atoms with E-state index in [-0.39, 0.29) is 11.9 Å². The second-order valence-corrected chi connectivity index (χ2v) is 5.52. The van der Waals surface area contributed by atoms with Crippen LogP contribution in [-0.4, -0.2) is 41.1 Å². The number of benzene rings is 1. The molecule has 1 fully saturated rings. The minimum absolute atomic E-state index is 0.271. The predicted molar refractivity (Wildman–Crippen MR) is 80.7 cm³/mol. The van der Waals surface area contributed by atoms with Crippen LogP contribution in [0.5, 0.6) is 0 Å². The number of hydrogen-bond donors (Lipinski definition) is 1. The van der Waals surface area contributed by atoms with Crippen molar-refractivity contribution < 1.29 is 18.3 Å². The van der Waals surface area contributed by atoms with Crippen LogP contribution in [0.25, 0.3) is 11.3 Å². The quantitative estimate of drug-likeness (QED) is 0.925. The van der Waals surface area contributed by atoms with Crippen molar-refractivity contribution in [1.82, 2.24) is 9.88 Å². The molecule has 122 valence electrons. The lowest BCUT2D eigenvalue weighted by molar-refractivity contribution is -0.136. The van der Waals surface area contributed by atoms with E-state index in [2.05, 4.69) is 4.98 Å². The molecule has 0 saturated carbocycles. The fourth-order valence-corrected chi connectivity index (χ4v) is 2.78. The fourth-order valence-electron chi connectivity index (χ4n) is 2.78. The Morgan fingerprint density at radius 1 is 1.43 bits per heavy atom. The van der Waals surface area contributed by atoms with Gasteiger partial charge in [0.25, 0.3) is 0 Å². The van der Waals surface area contributed by atoms with Crippen LogP contribution in [0.1, 0.15) is 12.8 Å². The number of oxazole rings is 1. The maximum atomic E-state index is 13.0. The SMILES string of the molecule is C[C@H]1OCCN(Cc2ncc(-c3ccc(F)cc3)o2)[C@@H]1C(N)=O. The van der Waals surface area contributed by atoms with Gasteiger partial charge in [0.05, 0.1) is 25.5 Å². The van der Waals surface area contributed by atoms with Crippen molar-refractivity contribution in [2.24, 2.45) is 5.73 Å². The summed E-state index contributed by atoms with van der Waals surface area (Å²) in [5.41, 5.74) is 6.21. The van der Waals surface area contributed by atoms with Crippen LogP contribution in [0, 0.1) is 5.82 Å². The number of ether oxygens (including phenoxy) is 1. The van der Waals surface area contributed by atoms with Gasteiger partial charge in [0.2, 0.25) is 11.8 Å². The highest BCUT2D eigenvalue weighted by atomic mass is 19.1. The molecule has 1 aliphatic rings. The Morgan fingerprint density at radius 2 is 2.17 bits per heavy atom. The Labute approximate surface area is 133 Å². The van der Waals surface area contributed by atoms with Crippen molar-refractivity contribution in [2.75, 3.05) is 13.2 Å². The Hall–Kier alpha value is -2.25. The number of carbonyl (C=O) groups excluding carboxylic acids is 1. The number of aromatic nitrogens is 1. The molecular weight excluding hydrogens is 301 g/mol. The van der Waals surface area contributed by atoms with Gasteiger partial charge in [-0.2, -0.15) is 0 Å². The third kappa shape index (κ3) is 3.40. The second kappa shape index (κ2) is 6.47. The summed E-state index contributed by atoms with van der Waals surface area (Å²) < 4.78 is 24.1. The van der Waals surface area contributed by atoms with Gasteiger partial charge in [-0.1, -0.05) is 0 Å². The lowest BCUT2D eigenvalue weighted by Gasteiger charge is -2.37. The maximum absolute atomic E-state index is 13.0. The minimum Gasteiger partial charge on any atom is -0.439 e. The third-order valence-electron chi connectivity index (χ3n) is 3.91. The average molecular weight is 319 g/mol. The number of amides is 1. The van der Waals surface area contributed by atoms with Crippen LogP contribution < -0.4 is 5.73 Å². The lowest BCUT2D eigenvalue weighted by atomic mass is 10.1. The first-order chi connectivity index (χ1) is 11.0. The van der Waals surface area contributed by atoms with Gasteiger partial charge < -0.3 is 14.9 Å². The monoisotopic (exact) mass is 319 g/mol. The van der Waals surface area contributed by atoms with E-state index >= 15 is 0 Å². The fraction of sp³-hybridized carbons (Fsp3) is 0.375. The third-order valence-corrected chi connectivity index (χ3v) is 3.91. The van der Waals surface area contributed by atoms with Crippen LogP contribution in [0.2, 0.25) is 0 Å². The smallest absolute Gasteiger partial charge is 0.237 e. The number of primary amides is 1. The highest BCUT2D eigenvalue weighted by Gasteiger charge is 2.34.